The molecular formula is C17H17N5O. The van der Waals surface area contributed by atoms with E-state index in [1.165, 1.54) is 6.33 Å². The summed E-state index contributed by atoms with van der Waals surface area (Å²) in [6, 6.07) is 11.3. The van der Waals surface area contributed by atoms with Crippen LogP contribution in [0.5, 0.6) is 0 Å². The molecule has 6 nitrogen and oxygen atoms in total. The molecule has 0 atom stereocenters. The predicted molar refractivity (Wildman–Crippen MR) is 87.8 cm³/mol. The Kier molecular flexibility index (Phi) is 3.89. The highest BCUT2D eigenvalue weighted by atomic mass is 16.1. The van der Waals surface area contributed by atoms with E-state index in [-0.39, 0.29) is 5.91 Å². The number of rotatable bonds is 3. The standard InChI is InChI=1S/C17H17N5O/c1-11-5-4-6-15(13(11)3)17(23)19-14-7-8-16(12(2)9-14)22-10-18-20-21-22/h4-10H,1-3H3,(H,19,23). The van der Waals surface area contributed by atoms with Crippen LogP contribution in [0.1, 0.15) is 27.0 Å². The number of benzene rings is 2. The summed E-state index contributed by atoms with van der Waals surface area (Å²) in [6.45, 7) is 5.90. The third kappa shape index (κ3) is 2.96. The van der Waals surface area contributed by atoms with Crippen molar-refractivity contribution in [3.8, 4) is 5.69 Å². The number of amides is 1. The molecule has 0 bridgehead atoms. The van der Waals surface area contributed by atoms with E-state index in [9.17, 15) is 4.79 Å². The number of nitrogens with one attached hydrogen (secondary N) is 1. The SMILES string of the molecule is Cc1cc(NC(=O)c2cccc(C)c2C)ccc1-n1cnnn1. The van der Waals surface area contributed by atoms with Crippen molar-refractivity contribution in [2.75, 3.05) is 5.32 Å². The lowest BCUT2D eigenvalue weighted by Gasteiger charge is -2.11. The van der Waals surface area contributed by atoms with Gasteiger partial charge in [-0.15, -0.1) is 5.10 Å². The van der Waals surface area contributed by atoms with Crippen LogP contribution in [0.3, 0.4) is 0 Å². The van der Waals surface area contributed by atoms with E-state index < -0.39 is 0 Å². The van der Waals surface area contributed by atoms with Crippen LogP contribution in [0, 0.1) is 20.8 Å². The van der Waals surface area contributed by atoms with Crippen molar-refractivity contribution < 1.29 is 4.79 Å². The zero-order chi connectivity index (χ0) is 16.4. The fourth-order valence-corrected chi connectivity index (χ4v) is 2.46. The van der Waals surface area contributed by atoms with Crippen LogP contribution >= 0.6 is 0 Å². The maximum Gasteiger partial charge on any atom is 0.255 e. The minimum absolute atomic E-state index is 0.110. The van der Waals surface area contributed by atoms with Gasteiger partial charge in [0.25, 0.3) is 5.91 Å². The van der Waals surface area contributed by atoms with Crippen molar-refractivity contribution in [1.82, 2.24) is 20.2 Å². The van der Waals surface area contributed by atoms with E-state index in [2.05, 4.69) is 20.8 Å². The number of anilines is 1. The Morgan fingerprint density at radius 3 is 2.61 bits per heavy atom. The summed E-state index contributed by atoms with van der Waals surface area (Å²) in [7, 11) is 0. The summed E-state index contributed by atoms with van der Waals surface area (Å²) in [5.41, 5.74) is 5.36. The van der Waals surface area contributed by atoms with Gasteiger partial charge in [0.15, 0.2) is 0 Å². The average molecular weight is 307 g/mol. The molecule has 116 valence electrons. The molecule has 0 aliphatic heterocycles. The van der Waals surface area contributed by atoms with Crippen LogP contribution in [0.15, 0.2) is 42.7 Å². The Bertz CT molecular complexity index is 855. The molecule has 3 aromatic rings. The second-order valence-electron chi connectivity index (χ2n) is 5.46. The molecule has 1 aromatic heterocycles. The lowest BCUT2D eigenvalue weighted by atomic mass is 10.0. The molecular weight excluding hydrogens is 290 g/mol. The Morgan fingerprint density at radius 2 is 1.91 bits per heavy atom. The Hall–Kier alpha value is -3.02. The van der Waals surface area contributed by atoms with E-state index in [4.69, 9.17) is 0 Å². The van der Waals surface area contributed by atoms with Gasteiger partial charge < -0.3 is 5.32 Å². The first kappa shape index (κ1) is 14.9. The maximum atomic E-state index is 12.5. The largest absolute Gasteiger partial charge is 0.322 e. The minimum Gasteiger partial charge on any atom is -0.322 e. The molecule has 0 saturated heterocycles. The van der Waals surface area contributed by atoms with Crippen LogP contribution in [-0.4, -0.2) is 26.1 Å². The first-order chi connectivity index (χ1) is 11.1. The first-order valence-corrected chi connectivity index (χ1v) is 7.28. The van der Waals surface area contributed by atoms with Gasteiger partial charge in [-0.3, -0.25) is 4.79 Å². The summed E-state index contributed by atoms with van der Waals surface area (Å²) in [5, 5.41) is 14.1. The van der Waals surface area contributed by atoms with E-state index >= 15 is 0 Å². The van der Waals surface area contributed by atoms with Crippen LogP contribution in [-0.2, 0) is 0 Å². The van der Waals surface area contributed by atoms with Crippen molar-refractivity contribution in [3.63, 3.8) is 0 Å². The van der Waals surface area contributed by atoms with Gasteiger partial charge in [-0.1, -0.05) is 12.1 Å². The summed E-state index contributed by atoms with van der Waals surface area (Å²) in [5.74, 6) is -0.110. The molecule has 0 fully saturated rings. The molecule has 6 heteroatoms. The van der Waals surface area contributed by atoms with Crippen molar-refractivity contribution in [2.24, 2.45) is 0 Å². The Morgan fingerprint density at radius 1 is 1.09 bits per heavy atom. The molecule has 0 aliphatic rings. The third-order valence-corrected chi connectivity index (χ3v) is 3.90. The van der Waals surface area contributed by atoms with Crippen molar-refractivity contribution in [2.45, 2.75) is 20.8 Å². The molecule has 0 unspecified atom stereocenters. The number of hydrogen-bond donors (Lipinski definition) is 1. The number of tetrazole rings is 1. The minimum atomic E-state index is -0.110. The van der Waals surface area contributed by atoms with Crippen LogP contribution < -0.4 is 5.32 Å². The summed E-state index contributed by atoms with van der Waals surface area (Å²) < 4.78 is 1.59. The molecule has 0 saturated carbocycles. The van der Waals surface area contributed by atoms with Crippen molar-refractivity contribution >= 4 is 11.6 Å². The number of carbonyl (C=O) groups excluding carboxylic acids is 1. The molecule has 1 N–H and O–H groups in total. The van der Waals surface area contributed by atoms with E-state index in [0.717, 1.165) is 28.1 Å². The van der Waals surface area contributed by atoms with E-state index in [0.29, 0.717) is 5.56 Å². The van der Waals surface area contributed by atoms with Gasteiger partial charge in [0.2, 0.25) is 0 Å². The molecule has 0 radical (unpaired) electrons. The monoisotopic (exact) mass is 307 g/mol. The van der Waals surface area contributed by atoms with Crippen LogP contribution in [0.4, 0.5) is 5.69 Å². The van der Waals surface area contributed by atoms with Gasteiger partial charge in [-0.05, 0) is 72.2 Å². The van der Waals surface area contributed by atoms with Crippen molar-refractivity contribution in [3.05, 3.63) is 65.0 Å². The van der Waals surface area contributed by atoms with E-state index in [1.54, 1.807) is 4.68 Å². The van der Waals surface area contributed by atoms with Gasteiger partial charge in [0.1, 0.15) is 6.33 Å². The fourth-order valence-electron chi connectivity index (χ4n) is 2.46. The molecule has 23 heavy (non-hydrogen) atoms. The summed E-state index contributed by atoms with van der Waals surface area (Å²) >= 11 is 0. The summed E-state index contributed by atoms with van der Waals surface area (Å²) in [4.78, 5) is 12.5. The predicted octanol–water partition coefficient (Wildman–Crippen LogP) is 2.84. The quantitative estimate of drug-likeness (QED) is 0.807. The first-order valence-electron chi connectivity index (χ1n) is 7.28. The van der Waals surface area contributed by atoms with E-state index in [1.807, 2.05) is 57.2 Å². The molecule has 3 rings (SSSR count). The Labute approximate surface area is 134 Å². The fraction of sp³-hybridized carbons (Fsp3) is 0.176. The zero-order valence-corrected chi connectivity index (χ0v) is 13.2. The molecule has 2 aromatic carbocycles. The third-order valence-electron chi connectivity index (χ3n) is 3.90. The van der Waals surface area contributed by atoms with Crippen LogP contribution in [0.2, 0.25) is 0 Å². The highest BCUT2D eigenvalue weighted by Gasteiger charge is 2.11. The van der Waals surface area contributed by atoms with Gasteiger partial charge >= 0.3 is 0 Å². The highest BCUT2D eigenvalue weighted by Crippen LogP contribution is 2.20. The summed E-state index contributed by atoms with van der Waals surface area (Å²) in [6.07, 6.45) is 1.54. The zero-order valence-electron chi connectivity index (χ0n) is 13.2. The number of nitrogens with zero attached hydrogens (tertiary/aromatic N) is 4. The average Bonchev–Trinajstić information content (AvgIpc) is 3.04. The highest BCUT2D eigenvalue weighted by molar-refractivity contribution is 6.05. The second-order valence-corrected chi connectivity index (χ2v) is 5.46. The number of carbonyl (C=O) groups is 1. The lowest BCUT2D eigenvalue weighted by molar-refractivity contribution is 0.102. The number of aromatic nitrogens is 4. The molecule has 1 heterocycles. The van der Waals surface area contributed by atoms with Gasteiger partial charge in [0.05, 0.1) is 5.69 Å². The second kappa shape index (κ2) is 6.00. The van der Waals surface area contributed by atoms with Gasteiger partial charge in [-0.2, -0.15) is 0 Å². The molecule has 0 spiro atoms. The molecule has 1 amide bonds. The normalized spacial score (nSPS) is 10.6. The number of aryl methyl sites for hydroxylation is 2. The maximum absolute atomic E-state index is 12.5. The van der Waals surface area contributed by atoms with Crippen molar-refractivity contribution in [1.29, 1.82) is 0 Å². The topological polar surface area (TPSA) is 72.7 Å². The molecule has 0 aliphatic carbocycles. The smallest absolute Gasteiger partial charge is 0.255 e. The number of hydrogen-bond acceptors (Lipinski definition) is 4. The van der Waals surface area contributed by atoms with Gasteiger partial charge in [-0.25, -0.2) is 4.68 Å². The van der Waals surface area contributed by atoms with Crippen LogP contribution in [0.25, 0.3) is 5.69 Å². The van der Waals surface area contributed by atoms with Gasteiger partial charge in [0, 0.05) is 11.3 Å². The Balaban J connectivity index is 1.85. The lowest BCUT2D eigenvalue weighted by Crippen LogP contribution is -2.14.